The first-order valence-electron chi connectivity index (χ1n) is 8.51. The summed E-state index contributed by atoms with van der Waals surface area (Å²) in [5, 5.41) is 0. The molecule has 0 bridgehead atoms. The number of hydrogen-bond acceptors (Lipinski definition) is 3. The highest BCUT2D eigenvalue weighted by atomic mass is 16.2. The fourth-order valence-corrected chi connectivity index (χ4v) is 3.49. The van der Waals surface area contributed by atoms with E-state index in [0.717, 1.165) is 25.3 Å². The number of rotatable bonds is 3. The Labute approximate surface area is 147 Å². The molecule has 1 amide bonds. The Kier molecular flexibility index (Phi) is 4.06. The Hall–Kier alpha value is -2.95. The normalized spacial score (nSPS) is 17.0. The van der Waals surface area contributed by atoms with Crippen molar-refractivity contribution in [3.05, 3.63) is 78.0 Å². The van der Waals surface area contributed by atoms with Gasteiger partial charge in [-0.25, -0.2) is 9.97 Å². The van der Waals surface area contributed by atoms with Crippen LogP contribution in [-0.4, -0.2) is 38.4 Å². The van der Waals surface area contributed by atoms with Crippen LogP contribution in [0.1, 0.15) is 33.8 Å². The molecular weight excluding hydrogens is 312 g/mol. The van der Waals surface area contributed by atoms with Crippen LogP contribution in [-0.2, 0) is 0 Å². The van der Waals surface area contributed by atoms with Gasteiger partial charge in [0, 0.05) is 37.6 Å². The lowest BCUT2D eigenvalue weighted by Crippen LogP contribution is -2.28. The number of hydrogen-bond donors (Lipinski definition) is 0. The van der Waals surface area contributed by atoms with Gasteiger partial charge < -0.3 is 4.90 Å². The van der Waals surface area contributed by atoms with Gasteiger partial charge in [0.25, 0.3) is 5.91 Å². The van der Waals surface area contributed by atoms with Gasteiger partial charge in [0.2, 0.25) is 0 Å². The molecule has 1 aliphatic rings. The van der Waals surface area contributed by atoms with Gasteiger partial charge in [0.15, 0.2) is 0 Å². The number of likely N-dealkylation sites (tertiary alicyclic amines) is 1. The van der Waals surface area contributed by atoms with E-state index in [1.807, 2.05) is 27.8 Å². The molecule has 1 aromatic carbocycles. The molecule has 5 heteroatoms. The number of carbonyl (C=O) groups excluding carboxylic acids is 1. The van der Waals surface area contributed by atoms with E-state index >= 15 is 0 Å². The topological polar surface area (TPSA) is 51.0 Å². The largest absolute Gasteiger partial charge is 0.338 e. The highest BCUT2D eigenvalue weighted by Crippen LogP contribution is 2.30. The summed E-state index contributed by atoms with van der Waals surface area (Å²) in [4.78, 5) is 23.1. The molecule has 0 unspecified atom stereocenters. The number of imidazole rings is 1. The van der Waals surface area contributed by atoms with Crippen LogP contribution >= 0.6 is 0 Å². The molecule has 0 radical (unpaired) electrons. The Morgan fingerprint density at radius 2 is 2.08 bits per heavy atom. The number of pyridine rings is 1. The van der Waals surface area contributed by atoms with Crippen LogP contribution in [0, 0.1) is 6.92 Å². The predicted molar refractivity (Wildman–Crippen MR) is 95.8 cm³/mol. The SMILES string of the molecule is Cc1ccccc1[C@@H]1CCN(C(=O)c2ccc(-n3ccnc3)nc2)C1. The molecule has 5 nitrogen and oxygen atoms in total. The van der Waals surface area contributed by atoms with Gasteiger partial charge in [-0.2, -0.15) is 0 Å². The minimum Gasteiger partial charge on any atom is -0.338 e. The first kappa shape index (κ1) is 15.6. The molecule has 4 rings (SSSR count). The molecule has 126 valence electrons. The molecule has 3 aromatic rings. The zero-order chi connectivity index (χ0) is 17.2. The second-order valence-corrected chi connectivity index (χ2v) is 6.47. The molecule has 1 atom stereocenters. The van der Waals surface area contributed by atoms with Gasteiger partial charge in [-0.15, -0.1) is 0 Å². The number of benzene rings is 1. The Bertz CT molecular complexity index is 871. The molecule has 0 N–H and O–H groups in total. The second-order valence-electron chi connectivity index (χ2n) is 6.47. The van der Waals surface area contributed by atoms with E-state index in [2.05, 4.69) is 41.2 Å². The molecule has 1 saturated heterocycles. The van der Waals surface area contributed by atoms with Crippen LogP contribution < -0.4 is 0 Å². The highest BCUT2D eigenvalue weighted by Gasteiger charge is 2.28. The third-order valence-corrected chi connectivity index (χ3v) is 4.87. The average molecular weight is 332 g/mol. The van der Waals surface area contributed by atoms with Gasteiger partial charge in [0.05, 0.1) is 5.56 Å². The van der Waals surface area contributed by atoms with Gasteiger partial charge in [0.1, 0.15) is 12.1 Å². The van der Waals surface area contributed by atoms with Gasteiger partial charge in [-0.3, -0.25) is 9.36 Å². The number of aromatic nitrogens is 3. The van der Waals surface area contributed by atoms with Crippen molar-refractivity contribution in [3.63, 3.8) is 0 Å². The minimum absolute atomic E-state index is 0.0563. The van der Waals surface area contributed by atoms with E-state index in [1.54, 1.807) is 18.7 Å². The Morgan fingerprint density at radius 1 is 1.20 bits per heavy atom. The summed E-state index contributed by atoms with van der Waals surface area (Å²) in [6.45, 7) is 3.70. The van der Waals surface area contributed by atoms with Crippen molar-refractivity contribution in [2.75, 3.05) is 13.1 Å². The van der Waals surface area contributed by atoms with Crippen LogP contribution in [0.5, 0.6) is 0 Å². The molecule has 25 heavy (non-hydrogen) atoms. The molecule has 0 aliphatic carbocycles. The van der Waals surface area contributed by atoms with Crippen molar-refractivity contribution in [2.45, 2.75) is 19.3 Å². The molecule has 0 spiro atoms. The third kappa shape index (κ3) is 3.05. The van der Waals surface area contributed by atoms with Gasteiger partial charge in [-0.1, -0.05) is 24.3 Å². The smallest absolute Gasteiger partial charge is 0.255 e. The summed E-state index contributed by atoms with van der Waals surface area (Å²) in [6.07, 6.45) is 7.89. The first-order valence-corrected chi connectivity index (χ1v) is 8.51. The summed E-state index contributed by atoms with van der Waals surface area (Å²) in [6, 6.07) is 12.1. The van der Waals surface area contributed by atoms with Crippen LogP contribution in [0.4, 0.5) is 0 Å². The van der Waals surface area contributed by atoms with Crippen molar-refractivity contribution >= 4 is 5.91 Å². The molecular formula is C20H20N4O. The van der Waals surface area contributed by atoms with Gasteiger partial charge in [-0.05, 0) is 36.6 Å². The lowest BCUT2D eigenvalue weighted by atomic mass is 9.94. The summed E-state index contributed by atoms with van der Waals surface area (Å²) >= 11 is 0. The number of aryl methyl sites for hydroxylation is 1. The highest BCUT2D eigenvalue weighted by molar-refractivity contribution is 5.94. The molecule has 0 saturated carbocycles. The number of nitrogens with zero attached hydrogens (tertiary/aromatic N) is 4. The zero-order valence-electron chi connectivity index (χ0n) is 14.2. The standard InChI is InChI=1S/C20H20N4O/c1-15-4-2-3-5-18(15)17-8-10-23(13-17)20(25)16-6-7-19(22-12-16)24-11-9-21-14-24/h2-7,9,11-12,14,17H,8,10,13H2,1H3/t17-/m1/s1. The lowest BCUT2D eigenvalue weighted by molar-refractivity contribution is 0.0790. The zero-order valence-corrected chi connectivity index (χ0v) is 14.2. The summed E-state index contributed by atoms with van der Waals surface area (Å²) in [7, 11) is 0. The molecule has 2 aromatic heterocycles. The van der Waals surface area contributed by atoms with Crippen molar-refractivity contribution in [2.24, 2.45) is 0 Å². The predicted octanol–water partition coefficient (Wildman–Crippen LogP) is 3.21. The van der Waals surface area contributed by atoms with E-state index in [1.165, 1.54) is 11.1 Å². The van der Waals surface area contributed by atoms with E-state index in [9.17, 15) is 4.79 Å². The van der Waals surface area contributed by atoms with Crippen LogP contribution in [0.25, 0.3) is 5.82 Å². The van der Waals surface area contributed by atoms with E-state index in [4.69, 9.17) is 0 Å². The summed E-state index contributed by atoms with van der Waals surface area (Å²) in [5.74, 6) is 1.23. The van der Waals surface area contributed by atoms with Crippen LogP contribution in [0.15, 0.2) is 61.3 Å². The monoisotopic (exact) mass is 332 g/mol. The molecule has 1 fully saturated rings. The first-order chi connectivity index (χ1) is 12.2. The fraction of sp³-hybridized carbons (Fsp3) is 0.250. The summed E-state index contributed by atoms with van der Waals surface area (Å²) in [5.41, 5.74) is 3.29. The Balaban J connectivity index is 1.48. The number of carbonyl (C=O) groups is 1. The van der Waals surface area contributed by atoms with Crippen molar-refractivity contribution < 1.29 is 4.79 Å². The fourth-order valence-electron chi connectivity index (χ4n) is 3.49. The third-order valence-electron chi connectivity index (χ3n) is 4.87. The molecule has 3 heterocycles. The maximum atomic E-state index is 12.8. The molecule has 1 aliphatic heterocycles. The van der Waals surface area contributed by atoms with Crippen molar-refractivity contribution in [3.8, 4) is 5.82 Å². The van der Waals surface area contributed by atoms with E-state index in [-0.39, 0.29) is 5.91 Å². The maximum Gasteiger partial charge on any atom is 0.255 e. The summed E-state index contributed by atoms with van der Waals surface area (Å²) < 4.78 is 1.82. The quantitative estimate of drug-likeness (QED) is 0.740. The average Bonchev–Trinajstić information content (AvgIpc) is 3.34. The lowest BCUT2D eigenvalue weighted by Gasteiger charge is -2.17. The minimum atomic E-state index is 0.0563. The van der Waals surface area contributed by atoms with Crippen LogP contribution in [0.3, 0.4) is 0 Å². The van der Waals surface area contributed by atoms with E-state index < -0.39 is 0 Å². The van der Waals surface area contributed by atoms with Gasteiger partial charge >= 0.3 is 0 Å². The van der Waals surface area contributed by atoms with Crippen molar-refractivity contribution in [1.29, 1.82) is 0 Å². The Morgan fingerprint density at radius 3 is 2.80 bits per heavy atom. The second kappa shape index (κ2) is 6.51. The van der Waals surface area contributed by atoms with E-state index in [0.29, 0.717) is 11.5 Å². The maximum absolute atomic E-state index is 12.8. The number of amides is 1. The van der Waals surface area contributed by atoms with Crippen LogP contribution in [0.2, 0.25) is 0 Å². The van der Waals surface area contributed by atoms with Crippen molar-refractivity contribution in [1.82, 2.24) is 19.4 Å².